The number of nitrogens with zero attached hydrogens (tertiary/aromatic N) is 2. The number of carboxylic acids is 1. The maximum atomic E-state index is 11.9. The summed E-state index contributed by atoms with van der Waals surface area (Å²) in [4.78, 5) is 26.0. The fraction of sp³-hybridized carbons (Fsp3) is 0.800. The van der Waals surface area contributed by atoms with Gasteiger partial charge in [0.2, 0.25) is 5.91 Å². The van der Waals surface area contributed by atoms with Crippen molar-refractivity contribution in [3.63, 3.8) is 0 Å². The summed E-state index contributed by atoms with van der Waals surface area (Å²) in [5.74, 6) is -0.806. The minimum atomic E-state index is -0.844. The van der Waals surface area contributed by atoms with Crippen LogP contribution in [0.15, 0.2) is 0 Å². The van der Waals surface area contributed by atoms with Gasteiger partial charge in [-0.25, -0.2) is 0 Å². The average Bonchev–Trinajstić information content (AvgIpc) is 2.26. The van der Waals surface area contributed by atoms with E-state index in [0.717, 1.165) is 19.5 Å². The number of carbonyl (C=O) groups excluding carboxylic acids is 1. The van der Waals surface area contributed by atoms with Crippen molar-refractivity contribution in [2.75, 3.05) is 27.2 Å². The van der Waals surface area contributed by atoms with E-state index in [-0.39, 0.29) is 18.4 Å². The van der Waals surface area contributed by atoms with Crippen LogP contribution in [-0.2, 0) is 9.59 Å². The zero-order valence-corrected chi connectivity index (χ0v) is 9.27. The number of carboxylic acid groups (broad SMARTS) is 1. The molecule has 1 atom stereocenters. The lowest BCUT2D eigenvalue weighted by Crippen LogP contribution is -2.43. The number of likely N-dealkylation sites (N-methyl/N-ethyl adjacent to an activating group) is 2. The van der Waals surface area contributed by atoms with Crippen LogP contribution in [0, 0.1) is 0 Å². The third-order valence-electron chi connectivity index (χ3n) is 2.83. The average molecular weight is 214 g/mol. The Bertz CT molecular complexity index is 255. The molecule has 86 valence electrons. The molecule has 0 saturated carbocycles. The predicted octanol–water partition coefficient (Wildman–Crippen LogP) is 0.0137. The molecule has 0 aromatic carbocycles. The van der Waals surface area contributed by atoms with Gasteiger partial charge in [0, 0.05) is 26.6 Å². The van der Waals surface area contributed by atoms with Crippen LogP contribution in [0.5, 0.6) is 0 Å². The second kappa shape index (κ2) is 5.11. The van der Waals surface area contributed by atoms with Crippen molar-refractivity contribution in [2.45, 2.75) is 25.3 Å². The second-order valence-corrected chi connectivity index (χ2v) is 4.04. The monoisotopic (exact) mass is 214 g/mol. The number of aliphatic carboxylic acids is 1. The van der Waals surface area contributed by atoms with Crippen molar-refractivity contribution < 1.29 is 14.7 Å². The van der Waals surface area contributed by atoms with E-state index in [1.54, 1.807) is 11.9 Å². The van der Waals surface area contributed by atoms with Gasteiger partial charge in [-0.05, 0) is 19.9 Å². The molecule has 5 heteroatoms. The first-order valence-corrected chi connectivity index (χ1v) is 5.19. The molecule has 1 aliphatic heterocycles. The summed E-state index contributed by atoms with van der Waals surface area (Å²) >= 11 is 0. The summed E-state index contributed by atoms with van der Waals surface area (Å²) in [5.41, 5.74) is 0. The van der Waals surface area contributed by atoms with Crippen LogP contribution >= 0.6 is 0 Å². The normalized spacial score (nSPS) is 24.0. The standard InChI is InChI=1S/C10H18N2O3/c1-11-6-3-7-12(2)10(15)8(11)4-5-9(13)14/h8H,3-7H2,1-2H3,(H,13,14). The number of hydrogen-bond acceptors (Lipinski definition) is 3. The molecule has 1 saturated heterocycles. The number of hydrogen-bond donors (Lipinski definition) is 1. The summed E-state index contributed by atoms with van der Waals surface area (Å²) < 4.78 is 0. The summed E-state index contributed by atoms with van der Waals surface area (Å²) in [5, 5.41) is 8.61. The van der Waals surface area contributed by atoms with Crippen molar-refractivity contribution in [1.82, 2.24) is 9.80 Å². The van der Waals surface area contributed by atoms with Crippen LogP contribution in [0.4, 0.5) is 0 Å². The largest absolute Gasteiger partial charge is 0.481 e. The Hall–Kier alpha value is -1.10. The van der Waals surface area contributed by atoms with Crippen LogP contribution in [0.2, 0.25) is 0 Å². The quantitative estimate of drug-likeness (QED) is 0.719. The van der Waals surface area contributed by atoms with Crippen LogP contribution in [0.1, 0.15) is 19.3 Å². The van der Waals surface area contributed by atoms with E-state index >= 15 is 0 Å². The van der Waals surface area contributed by atoms with Gasteiger partial charge in [-0.15, -0.1) is 0 Å². The minimum Gasteiger partial charge on any atom is -0.481 e. The van der Waals surface area contributed by atoms with Gasteiger partial charge in [0.1, 0.15) is 0 Å². The molecule has 1 rings (SSSR count). The van der Waals surface area contributed by atoms with E-state index in [1.807, 2.05) is 11.9 Å². The molecule has 0 aliphatic carbocycles. The molecular weight excluding hydrogens is 196 g/mol. The molecule has 0 aromatic heterocycles. The van der Waals surface area contributed by atoms with Crippen LogP contribution < -0.4 is 0 Å². The van der Waals surface area contributed by atoms with Crippen molar-refractivity contribution in [3.05, 3.63) is 0 Å². The van der Waals surface area contributed by atoms with Crippen molar-refractivity contribution in [1.29, 1.82) is 0 Å². The first kappa shape index (κ1) is 12.0. The highest BCUT2D eigenvalue weighted by molar-refractivity contribution is 5.82. The molecule has 0 aromatic rings. The third-order valence-corrected chi connectivity index (χ3v) is 2.83. The first-order chi connectivity index (χ1) is 7.02. The summed E-state index contributed by atoms with van der Waals surface area (Å²) in [6.45, 7) is 1.60. The van der Waals surface area contributed by atoms with E-state index < -0.39 is 5.97 Å². The number of rotatable bonds is 3. The molecule has 0 bridgehead atoms. The van der Waals surface area contributed by atoms with Gasteiger partial charge >= 0.3 is 5.97 Å². The van der Waals surface area contributed by atoms with E-state index in [0.29, 0.717) is 6.42 Å². The van der Waals surface area contributed by atoms with Crippen molar-refractivity contribution in [3.8, 4) is 0 Å². The smallest absolute Gasteiger partial charge is 0.303 e. The minimum absolute atomic E-state index is 0.0382. The van der Waals surface area contributed by atoms with Gasteiger partial charge in [0.15, 0.2) is 0 Å². The molecule has 1 amide bonds. The lowest BCUT2D eigenvalue weighted by atomic mass is 10.1. The van der Waals surface area contributed by atoms with Gasteiger partial charge in [-0.2, -0.15) is 0 Å². The van der Waals surface area contributed by atoms with Gasteiger partial charge in [-0.1, -0.05) is 0 Å². The highest BCUT2D eigenvalue weighted by atomic mass is 16.4. The third kappa shape index (κ3) is 3.20. The Morgan fingerprint density at radius 2 is 2.13 bits per heavy atom. The number of amides is 1. The van der Waals surface area contributed by atoms with Gasteiger partial charge < -0.3 is 10.0 Å². The van der Waals surface area contributed by atoms with Crippen LogP contribution in [0.25, 0.3) is 0 Å². The summed E-state index contributed by atoms with van der Waals surface area (Å²) in [7, 11) is 3.65. The van der Waals surface area contributed by atoms with E-state index in [2.05, 4.69) is 0 Å². The van der Waals surface area contributed by atoms with Crippen molar-refractivity contribution >= 4 is 11.9 Å². The molecule has 1 N–H and O–H groups in total. The SMILES string of the molecule is CN1CCCN(C)C(CCC(=O)O)C1=O. The highest BCUT2D eigenvalue weighted by Crippen LogP contribution is 2.13. The fourth-order valence-electron chi connectivity index (χ4n) is 1.87. The Balaban J connectivity index is 2.62. The fourth-order valence-corrected chi connectivity index (χ4v) is 1.87. The Kier molecular flexibility index (Phi) is 4.08. The molecule has 0 radical (unpaired) electrons. The maximum absolute atomic E-state index is 11.9. The first-order valence-electron chi connectivity index (χ1n) is 5.19. The highest BCUT2D eigenvalue weighted by Gasteiger charge is 2.28. The van der Waals surface area contributed by atoms with E-state index in [1.165, 1.54) is 0 Å². The number of carbonyl (C=O) groups is 2. The molecule has 1 aliphatic rings. The Morgan fingerprint density at radius 3 is 2.73 bits per heavy atom. The molecule has 1 heterocycles. The molecule has 5 nitrogen and oxygen atoms in total. The molecule has 1 unspecified atom stereocenters. The zero-order chi connectivity index (χ0) is 11.4. The second-order valence-electron chi connectivity index (χ2n) is 4.04. The molecule has 1 fully saturated rings. The van der Waals surface area contributed by atoms with E-state index in [4.69, 9.17) is 5.11 Å². The van der Waals surface area contributed by atoms with Crippen LogP contribution in [0.3, 0.4) is 0 Å². The maximum Gasteiger partial charge on any atom is 0.303 e. The molecular formula is C10H18N2O3. The Labute approximate surface area is 89.7 Å². The molecule has 15 heavy (non-hydrogen) atoms. The summed E-state index contributed by atoms with van der Waals surface area (Å²) in [6.07, 6.45) is 1.39. The predicted molar refractivity (Wildman–Crippen MR) is 55.5 cm³/mol. The van der Waals surface area contributed by atoms with Crippen LogP contribution in [-0.4, -0.2) is 60.0 Å². The van der Waals surface area contributed by atoms with E-state index in [9.17, 15) is 9.59 Å². The van der Waals surface area contributed by atoms with Gasteiger partial charge in [-0.3, -0.25) is 14.5 Å². The van der Waals surface area contributed by atoms with Crippen molar-refractivity contribution in [2.24, 2.45) is 0 Å². The Morgan fingerprint density at radius 1 is 1.47 bits per heavy atom. The zero-order valence-electron chi connectivity index (χ0n) is 9.27. The molecule has 0 spiro atoms. The topological polar surface area (TPSA) is 60.9 Å². The van der Waals surface area contributed by atoms with Gasteiger partial charge in [0.05, 0.1) is 6.04 Å². The summed E-state index contributed by atoms with van der Waals surface area (Å²) in [6, 6.07) is -0.270. The lowest BCUT2D eigenvalue weighted by Gasteiger charge is -2.25. The lowest BCUT2D eigenvalue weighted by molar-refractivity contribution is -0.138. The van der Waals surface area contributed by atoms with Gasteiger partial charge in [0.25, 0.3) is 0 Å².